The minimum atomic E-state index is -0.0816. The van der Waals surface area contributed by atoms with E-state index >= 15 is 0 Å². The highest BCUT2D eigenvalue weighted by Gasteiger charge is 2.37. The molecule has 0 saturated carbocycles. The van der Waals surface area contributed by atoms with Crippen LogP contribution in [0.1, 0.15) is 6.92 Å². The molecule has 1 amide bonds. The van der Waals surface area contributed by atoms with Gasteiger partial charge < -0.3 is 9.64 Å². The highest BCUT2D eigenvalue weighted by atomic mass is 16.5. The average Bonchev–Trinajstić information content (AvgIpc) is 1.81. The Morgan fingerprint density at radius 3 is 2.33 bits per heavy atom. The van der Waals surface area contributed by atoms with Gasteiger partial charge in [0, 0.05) is 7.05 Å². The minimum Gasteiger partial charge on any atom is -0.376 e. The number of ether oxygens (including phenoxy) is 1. The predicted octanol–water partition coefficient (Wildman–Crippen LogP) is -0.226. The fourth-order valence-electron chi connectivity index (χ4n) is 0.701. The van der Waals surface area contributed by atoms with Crippen molar-refractivity contribution < 1.29 is 9.53 Å². The zero-order chi connectivity index (χ0) is 6.91. The summed E-state index contributed by atoms with van der Waals surface area (Å²) in [5.74, 6) is 0. The van der Waals surface area contributed by atoms with Crippen molar-refractivity contribution in [2.24, 2.45) is 0 Å². The molecule has 0 N–H and O–H groups in total. The number of rotatable bonds is 2. The standard InChI is InChI=1S/C6H10NO2/c1-6(3-9-4-6)7(2)5-8/h3-4H2,1-2H3. The zero-order valence-corrected chi connectivity index (χ0v) is 5.68. The quantitative estimate of drug-likeness (QED) is 0.481. The van der Waals surface area contributed by atoms with Crippen molar-refractivity contribution in [2.75, 3.05) is 20.3 Å². The Morgan fingerprint density at radius 2 is 2.22 bits per heavy atom. The first-order valence-corrected chi connectivity index (χ1v) is 2.88. The Hall–Kier alpha value is -0.570. The predicted molar refractivity (Wildman–Crippen MR) is 32.7 cm³/mol. The summed E-state index contributed by atoms with van der Waals surface area (Å²) in [5.41, 5.74) is -0.0816. The summed E-state index contributed by atoms with van der Waals surface area (Å²) in [6.45, 7) is 3.25. The second kappa shape index (κ2) is 1.99. The molecule has 51 valence electrons. The molecule has 0 atom stereocenters. The van der Waals surface area contributed by atoms with Crippen molar-refractivity contribution in [3.63, 3.8) is 0 Å². The van der Waals surface area contributed by atoms with Crippen molar-refractivity contribution in [1.82, 2.24) is 4.90 Å². The molecule has 0 bridgehead atoms. The van der Waals surface area contributed by atoms with Gasteiger partial charge in [0.05, 0.1) is 18.8 Å². The van der Waals surface area contributed by atoms with Gasteiger partial charge >= 0.3 is 6.41 Å². The van der Waals surface area contributed by atoms with Crippen molar-refractivity contribution in [3.05, 3.63) is 0 Å². The first-order chi connectivity index (χ1) is 4.19. The lowest BCUT2D eigenvalue weighted by Gasteiger charge is -2.42. The number of amides is 1. The van der Waals surface area contributed by atoms with Gasteiger partial charge in [-0.15, -0.1) is 0 Å². The molecule has 0 aromatic carbocycles. The average molecular weight is 128 g/mol. The van der Waals surface area contributed by atoms with Crippen molar-refractivity contribution in [3.8, 4) is 0 Å². The van der Waals surface area contributed by atoms with Gasteiger partial charge in [-0.25, -0.2) is 0 Å². The van der Waals surface area contributed by atoms with Crippen LogP contribution < -0.4 is 0 Å². The van der Waals surface area contributed by atoms with Crippen molar-refractivity contribution in [2.45, 2.75) is 12.5 Å². The molecule has 3 nitrogen and oxygen atoms in total. The number of carbonyl (C=O) groups excluding carboxylic acids is 1. The van der Waals surface area contributed by atoms with Gasteiger partial charge in [0.15, 0.2) is 0 Å². The highest BCUT2D eigenvalue weighted by molar-refractivity contribution is 5.49. The lowest BCUT2D eigenvalue weighted by atomic mass is 10.00. The maximum absolute atomic E-state index is 10.1. The van der Waals surface area contributed by atoms with E-state index in [2.05, 4.69) is 0 Å². The van der Waals surface area contributed by atoms with Gasteiger partial charge in [-0.1, -0.05) is 0 Å². The summed E-state index contributed by atoms with van der Waals surface area (Å²) in [6.07, 6.45) is 1.81. The Labute approximate surface area is 54.6 Å². The molecular formula is C6H10NO2. The number of nitrogens with zero attached hydrogens (tertiary/aromatic N) is 1. The zero-order valence-electron chi connectivity index (χ0n) is 5.68. The first kappa shape index (κ1) is 6.55. The van der Waals surface area contributed by atoms with Gasteiger partial charge in [0.25, 0.3) is 0 Å². The molecule has 0 unspecified atom stereocenters. The van der Waals surface area contributed by atoms with Crippen LogP contribution in [0.25, 0.3) is 0 Å². The Morgan fingerprint density at radius 1 is 1.67 bits per heavy atom. The van der Waals surface area contributed by atoms with Crippen LogP contribution in [0.2, 0.25) is 0 Å². The lowest BCUT2D eigenvalue weighted by Crippen LogP contribution is -2.58. The SMILES string of the molecule is CN([C]=O)C1(C)COC1. The van der Waals surface area contributed by atoms with Crippen LogP contribution in [0.5, 0.6) is 0 Å². The molecule has 0 aliphatic carbocycles. The molecule has 1 aliphatic heterocycles. The summed E-state index contributed by atoms with van der Waals surface area (Å²) in [6, 6.07) is 0. The fourth-order valence-corrected chi connectivity index (χ4v) is 0.701. The molecular weight excluding hydrogens is 118 g/mol. The van der Waals surface area contributed by atoms with Crippen molar-refractivity contribution in [1.29, 1.82) is 0 Å². The van der Waals surface area contributed by atoms with E-state index in [0.29, 0.717) is 13.2 Å². The smallest absolute Gasteiger partial charge is 0.312 e. The van der Waals surface area contributed by atoms with Crippen LogP contribution in [0, 0.1) is 0 Å². The summed E-state index contributed by atoms with van der Waals surface area (Å²) in [7, 11) is 1.72. The third kappa shape index (κ3) is 0.920. The summed E-state index contributed by atoms with van der Waals surface area (Å²) < 4.78 is 4.94. The van der Waals surface area contributed by atoms with Crippen LogP contribution in [0.3, 0.4) is 0 Å². The second-order valence-corrected chi connectivity index (χ2v) is 2.64. The van der Waals surface area contributed by atoms with E-state index in [1.807, 2.05) is 13.3 Å². The monoisotopic (exact) mass is 128 g/mol. The van der Waals surface area contributed by atoms with E-state index in [9.17, 15) is 4.79 Å². The molecule has 1 heterocycles. The minimum absolute atomic E-state index is 0.0816. The normalized spacial score (nSPS) is 22.4. The Kier molecular flexibility index (Phi) is 1.45. The topological polar surface area (TPSA) is 29.5 Å². The third-order valence-corrected chi connectivity index (χ3v) is 1.77. The number of hydrogen-bond donors (Lipinski definition) is 0. The van der Waals surface area contributed by atoms with E-state index in [1.165, 1.54) is 4.90 Å². The number of hydrogen-bond acceptors (Lipinski definition) is 2. The molecule has 0 aromatic heterocycles. The van der Waals surface area contributed by atoms with E-state index in [-0.39, 0.29) is 5.54 Å². The molecule has 1 rings (SSSR count). The summed E-state index contributed by atoms with van der Waals surface area (Å²) in [4.78, 5) is 11.6. The Balaban J connectivity index is 2.48. The molecule has 9 heavy (non-hydrogen) atoms. The molecule has 0 spiro atoms. The van der Waals surface area contributed by atoms with Crippen LogP contribution in [-0.2, 0) is 9.53 Å². The molecule has 1 radical (unpaired) electrons. The van der Waals surface area contributed by atoms with Crippen LogP contribution >= 0.6 is 0 Å². The number of likely N-dealkylation sites (N-methyl/N-ethyl adjacent to an activating group) is 1. The van der Waals surface area contributed by atoms with Gasteiger partial charge in [-0.3, -0.25) is 4.79 Å². The first-order valence-electron chi connectivity index (χ1n) is 2.88. The summed E-state index contributed by atoms with van der Waals surface area (Å²) in [5, 5.41) is 0. The van der Waals surface area contributed by atoms with Crippen LogP contribution in [0.15, 0.2) is 0 Å². The van der Waals surface area contributed by atoms with Crippen molar-refractivity contribution >= 4 is 6.41 Å². The van der Waals surface area contributed by atoms with E-state index in [1.54, 1.807) is 7.05 Å². The second-order valence-electron chi connectivity index (χ2n) is 2.64. The van der Waals surface area contributed by atoms with Gasteiger partial charge in [0.1, 0.15) is 0 Å². The molecule has 1 saturated heterocycles. The van der Waals surface area contributed by atoms with Crippen LogP contribution in [0.4, 0.5) is 0 Å². The molecule has 1 fully saturated rings. The lowest BCUT2D eigenvalue weighted by molar-refractivity contribution is -0.0993. The van der Waals surface area contributed by atoms with E-state index in [4.69, 9.17) is 4.74 Å². The third-order valence-electron chi connectivity index (χ3n) is 1.77. The largest absolute Gasteiger partial charge is 0.376 e. The maximum Gasteiger partial charge on any atom is 0.312 e. The van der Waals surface area contributed by atoms with Crippen LogP contribution in [-0.4, -0.2) is 37.1 Å². The fraction of sp³-hybridized carbons (Fsp3) is 0.833. The molecule has 3 heteroatoms. The van der Waals surface area contributed by atoms with E-state index in [0.717, 1.165) is 0 Å². The maximum atomic E-state index is 10.1. The van der Waals surface area contributed by atoms with Gasteiger partial charge in [-0.2, -0.15) is 0 Å². The van der Waals surface area contributed by atoms with Gasteiger partial charge in [0.2, 0.25) is 0 Å². The molecule has 1 aliphatic rings. The summed E-state index contributed by atoms with van der Waals surface area (Å²) >= 11 is 0. The van der Waals surface area contributed by atoms with E-state index < -0.39 is 0 Å². The molecule has 0 aromatic rings. The van der Waals surface area contributed by atoms with Gasteiger partial charge in [-0.05, 0) is 6.92 Å². The highest BCUT2D eigenvalue weighted by Crippen LogP contribution is 2.20. The Bertz CT molecular complexity index is 120.